The van der Waals surface area contributed by atoms with Crippen molar-refractivity contribution in [3.8, 4) is 5.75 Å². The molecule has 2 aliphatic rings. The van der Waals surface area contributed by atoms with Crippen molar-refractivity contribution >= 4 is 17.6 Å². The molecule has 1 aromatic rings. The van der Waals surface area contributed by atoms with Crippen molar-refractivity contribution in [1.29, 1.82) is 0 Å². The molecule has 1 aromatic carbocycles. The third kappa shape index (κ3) is 3.21. The molecule has 120 valence electrons. The van der Waals surface area contributed by atoms with Crippen molar-refractivity contribution < 1.29 is 23.7 Å². The predicted octanol–water partition coefficient (Wildman–Crippen LogP) is 2.95. The second kappa shape index (κ2) is 5.72. The van der Waals surface area contributed by atoms with Crippen LogP contribution in [0.15, 0.2) is 24.3 Å². The Labute approximate surface area is 134 Å². The molecule has 1 spiro atoms. The van der Waals surface area contributed by atoms with E-state index < -0.39 is 17.5 Å². The summed E-state index contributed by atoms with van der Waals surface area (Å²) in [6.07, 6.45) is 0.127. The van der Waals surface area contributed by atoms with E-state index in [0.29, 0.717) is 30.4 Å². The fourth-order valence-electron chi connectivity index (χ4n) is 2.79. The zero-order valence-corrected chi connectivity index (χ0v) is 13.4. The molecule has 2 fully saturated rings. The highest BCUT2D eigenvalue weighted by molar-refractivity contribution is 6.30. The Balaban J connectivity index is 1.75. The number of rotatable bonds is 3. The minimum absolute atomic E-state index is 0.126. The lowest BCUT2D eigenvalue weighted by atomic mass is 9.90. The minimum Gasteiger partial charge on any atom is -0.484 e. The van der Waals surface area contributed by atoms with Gasteiger partial charge in [0.2, 0.25) is 0 Å². The summed E-state index contributed by atoms with van der Waals surface area (Å²) < 4.78 is 22.8. The van der Waals surface area contributed by atoms with Crippen LogP contribution in [0.25, 0.3) is 0 Å². The molecule has 3 rings (SSSR count). The standard InChI is InChI=1S/C16H19ClO5/c1-15(2,22-12-5-3-11(17)4-6-12)13-9-16(10-14(18)21-13)19-7-8-20-16/h3-6,13H,7-10H2,1-2H3. The van der Waals surface area contributed by atoms with Crippen LogP contribution in [-0.2, 0) is 19.0 Å². The van der Waals surface area contributed by atoms with Gasteiger partial charge in [-0.3, -0.25) is 4.79 Å². The fourth-order valence-corrected chi connectivity index (χ4v) is 2.92. The molecule has 0 bridgehead atoms. The zero-order chi connectivity index (χ0) is 15.8. The molecular formula is C16H19ClO5. The molecule has 0 radical (unpaired) electrons. The van der Waals surface area contributed by atoms with Crippen LogP contribution < -0.4 is 4.74 Å². The van der Waals surface area contributed by atoms with Crippen LogP contribution in [0.4, 0.5) is 0 Å². The van der Waals surface area contributed by atoms with Crippen LogP contribution in [0.1, 0.15) is 26.7 Å². The maximum absolute atomic E-state index is 11.9. The zero-order valence-electron chi connectivity index (χ0n) is 12.6. The van der Waals surface area contributed by atoms with Crippen molar-refractivity contribution in [2.75, 3.05) is 13.2 Å². The van der Waals surface area contributed by atoms with E-state index in [1.165, 1.54) is 0 Å². The minimum atomic E-state index is -0.860. The molecule has 2 saturated heterocycles. The van der Waals surface area contributed by atoms with Gasteiger partial charge in [0.25, 0.3) is 0 Å². The molecule has 5 nitrogen and oxygen atoms in total. The Morgan fingerprint density at radius 2 is 1.86 bits per heavy atom. The van der Waals surface area contributed by atoms with Crippen molar-refractivity contribution in [3.05, 3.63) is 29.3 Å². The summed E-state index contributed by atoms with van der Waals surface area (Å²) in [5, 5.41) is 0.640. The third-order valence-electron chi connectivity index (χ3n) is 3.97. The molecule has 0 saturated carbocycles. The number of benzene rings is 1. The topological polar surface area (TPSA) is 54.0 Å². The second-order valence-electron chi connectivity index (χ2n) is 6.13. The van der Waals surface area contributed by atoms with Crippen molar-refractivity contribution in [2.45, 2.75) is 44.2 Å². The summed E-state index contributed by atoms with van der Waals surface area (Å²) >= 11 is 5.87. The Morgan fingerprint density at radius 3 is 2.50 bits per heavy atom. The molecule has 1 unspecified atom stereocenters. The van der Waals surface area contributed by atoms with E-state index in [2.05, 4.69) is 0 Å². The van der Waals surface area contributed by atoms with Gasteiger partial charge in [0, 0.05) is 11.4 Å². The van der Waals surface area contributed by atoms with Gasteiger partial charge < -0.3 is 18.9 Å². The Hall–Kier alpha value is -1.30. The van der Waals surface area contributed by atoms with Crippen LogP contribution in [0.5, 0.6) is 5.75 Å². The first-order valence-electron chi connectivity index (χ1n) is 7.31. The molecule has 1 atom stereocenters. The molecule has 0 amide bonds. The summed E-state index contributed by atoms with van der Waals surface area (Å²) in [6.45, 7) is 4.76. The van der Waals surface area contributed by atoms with Gasteiger partial charge >= 0.3 is 5.97 Å². The number of carbonyl (C=O) groups excluding carboxylic acids is 1. The lowest BCUT2D eigenvalue weighted by Gasteiger charge is -2.42. The quantitative estimate of drug-likeness (QED) is 0.799. The number of hydrogen-bond donors (Lipinski definition) is 0. The van der Waals surface area contributed by atoms with E-state index in [1.807, 2.05) is 13.8 Å². The van der Waals surface area contributed by atoms with Crippen molar-refractivity contribution in [1.82, 2.24) is 0 Å². The lowest BCUT2D eigenvalue weighted by molar-refractivity contribution is -0.235. The monoisotopic (exact) mass is 326 g/mol. The molecule has 0 aromatic heterocycles. The molecule has 22 heavy (non-hydrogen) atoms. The average Bonchev–Trinajstić information content (AvgIpc) is 2.88. The highest BCUT2D eigenvalue weighted by Gasteiger charge is 2.51. The normalized spacial score (nSPS) is 24.3. The Bertz CT molecular complexity index is 548. The number of ether oxygens (including phenoxy) is 4. The average molecular weight is 327 g/mol. The van der Waals surface area contributed by atoms with Gasteiger partial charge in [0.15, 0.2) is 5.79 Å². The van der Waals surface area contributed by atoms with E-state index in [4.69, 9.17) is 30.5 Å². The fraction of sp³-hybridized carbons (Fsp3) is 0.562. The van der Waals surface area contributed by atoms with Crippen molar-refractivity contribution in [3.63, 3.8) is 0 Å². The predicted molar refractivity (Wildman–Crippen MR) is 79.9 cm³/mol. The SMILES string of the molecule is CC(C)(Oc1ccc(Cl)cc1)C1CC2(CC(=O)O1)OCCO2. The molecule has 6 heteroatoms. The van der Waals surface area contributed by atoms with Crippen LogP contribution in [0.2, 0.25) is 5.02 Å². The smallest absolute Gasteiger partial charge is 0.311 e. The van der Waals surface area contributed by atoms with E-state index in [1.54, 1.807) is 24.3 Å². The largest absolute Gasteiger partial charge is 0.484 e. The number of halogens is 1. The summed E-state index contributed by atoms with van der Waals surface area (Å²) in [5.41, 5.74) is -0.716. The second-order valence-corrected chi connectivity index (χ2v) is 6.56. The lowest BCUT2D eigenvalue weighted by Crippen LogP contribution is -2.54. The number of esters is 1. The molecular weight excluding hydrogens is 308 g/mol. The number of carbonyl (C=O) groups is 1. The van der Waals surface area contributed by atoms with Crippen molar-refractivity contribution in [2.24, 2.45) is 0 Å². The molecule has 2 heterocycles. The van der Waals surface area contributed by atoms with Gasteiger partial charge in [-0.05, 0) is 38.1 Å². The first kappa shape index (κ1) is 15.6. The number of cyclic esters (lactones) is 1. The molecule has 2 aliphatic heterocycles. The maximum atomic E-state index is 11.9. The van der Waals surface area contributed by atoms with Gasteiger partial charge in [-0.25, -0.2) is 0 Å². The van der Waals surface area contributed by atoms with Crippen LogP contribution >= 0.6 is 11.6 Å². The van der Waals surface area contributed by atoms with Crippen LogP contribution in [-0.4, -0.2) is 36.7 Å². The van der Waals surface area contributed by atoms with Gasteiger partial charge in [-0.2, -0.15) is 0 Å². The van der Waals surface area contributed by atoms with E-state index in [-0.39, 0.29) is 12.4 Å². The van der Waals surface area contributed by atoms with Gasteiger partial charge in [0.05, 0.1) is 19.6 Å². The Kier molecular flexibility index (Phi) is 4.05. The van der Waals surface area contributed by atoms with Gasteiger partial charge in [-0.15, -0.1) is 0 Å². The van der Waals surface area contributed by atoms with E-state index >= 15 is 0 Å². The van der Waals surface area contributed by atoms with E-state index in [0.717, 1.165) is 0 Å². The summed E-state index contributed by atoms with van der Waals surface area (Å²) in [4.78, 5) is 11.9. The molecule has 0 N–H and O–H groups in total. The maximum Gasteiger partial charge on any atom is 0.311 e. The summed E-state index contributed by atoms with van der Waals surface area (Å²) in [5.74, 6) is -0.523. The first-order valence-corrected chi connectivity index (χ1v) is 7.68. The highest BCUT2D eigenvalue weighted by atomic mass is 35.5. The third-order valence-corrected chi connectivity index (χ3v) is 4.22. The van der Waals surface area contributed by atoms with Crippen LogP contribution in [0.3, 0.4) is 0 Å². The first-order chi connectivity index (χ1) is 10.4. The summed E-state index contributed by atoms with van der Waals surface area (Å²) in [7, 11) is 0. The number of hydrogen-bond acceptors (Lipinski definition) is 5. The molecule has 0 aliphatic carbocycles. The highest BCUT2D eigenvalue weighted by Crippen LogP contribution is 2.38. The van der Waals surface area contributed by atoms with Gasteiger partial charge in [-0.1, -0.05) is 11.6 Å². The van der Waals surface area contributed by atoms with E-state index in [9.17, 15) is 4.79 Å². The Morgan fingerprint density at radius 1 is 1.23 bits per heavy atom. The van der Waals surface area contributed by atoms with Crippen LogP contribution in [0, 0.1) is 0 Å². The van der Waals surface area contributed by atoms with Gasteiger partial charge in [0.1, 0.15) is 17.5 Å². The summed E-state index contributed by atoms with van der Waals surface area (Å²) in [6, 6.07) is 7.08.